The Bertz CT molecular complexity index is 639. The number of aryl methyl sites for hydroxylation is 1. The molecule has 0 aromatic heterocycles. The molecule has 2 nitrogen and oxygen atoms in total. The van der Waals surface area contributed by atoms with Gasteiger partial charge in [0.1, 0.15) is 5.82 Å². The number of hydrogen-bond acceptors (Lipinski definition) is 2. The average molecular weight is 284 g/mol. The summed E-state index contributed by atoms with van der Waals surface area (Å²) >= 11 is 0. The normalized spacial score (nSPS) is 15.1. The molecule has 1 heterocycles. The van der Waals surface area contributed by atoms with Gasteiger partial charge in [-0.2, -0.15) is 0 Å². The molecule has 0 bridgehead atoms. The van der Waals surface area contributed by atoms with Crippen molar-refractivity contribution in [2.24, 2.45) is 0 Å². The molecule has 0 radical (unpaired) electrons. The molecule has 0 fully saturated rings. The van der Waals surface area contributed by atoms with Gasteiger partial charge in [0, 0.05) is 24.8 Å². The van der Waals surface area contributed by atoms with E-state index in [4.69, 9.17) is 0 Å². The largest absolute Gasteiger partial charge is 0.369 e. The van der Waals surface area contributed by atoms with Crippen LogP contribution in [0.3, 0.4) is 0 Å². The number of likely N-dealkylation sites (N-methyl/N-ethyl adjacent to an activating group) is 1. The van der Waals surface area contributed by atoms with Crippen LogP contribution in [-0.4, -0.2) is 20.1 Å². The van der Waals surface area contributed by atoms with Gasteiger partial charge in [-0.25, -0.2) is 4.39 Å². The molecule has 2 aromatic rings. The fraction of sp³-hybridized carbons (Fsp3) is 0.333. The molecular formula is C18H21FN2. The van der Waals surface area contributed by atoms with Gasteiger partial charge in [0.05, 0.1) is 0 Å². The molecule has 0 spiro atoms. The Morgan fingerprint density at radius 3 is 2.86 bits per heavy atom. The molecule has 0 saturated carbocycles. The lowest BCUT2D eigenvalue weighted by atomic mass is 10.0. The molecule has 3 rings (SSSR count). The number of nitrogens with zero attached hydrogens (tertiary/aromatic N) is 1. The van der Waals surface area contributed by atoms with Crippen LogP contribution in [-0.2, 0) is 6.42 Å². The number of rotatable bonds is 4. The van der Waals surface area contributed by atoms with Crippen molar-refractivity contribution in [1.82, 2.24) is 5.32 Å². The third-order valence-electron chi connectivity index (χ3n) is 4.24. The molecule has 1 aliphatic heterocycles. The van der Waals surface area contributed by atoms with Crippen molar-refractivity contribution >= 4 is 5.69 Å². The Kier molecular flexibility index (Phi) is 3.93. The lowest BCUT2D eigenvalue weighted by molar-refractivity contribution is 0.577. The van der Waals surface area contributed by atoms with Gasteiger partial charge in [-0.1, -0.05) is 35.9 Å². The molecule has 1 N–H and O–H groups in total. The number of anilines is 1. The van der Waals surface area contributed by atoms with E-state index in [9.17, 15) is 4.39 Å². The van der Waals surface area contributed by atoms with Crippen LogP contribution in [0.4, 0.5) is 10.1 Å². The predicted molar refractivity (Wildman–Crippen MR) is 85.3 cm³/mol. The van der Waals surface area contributed by atoms with Crippen LogP contribution in [0.2, 0.25) is 0 Å². The third kappa shape index (κ3) is 2.93. The molecule has 2 aromatic carbocycles. The minimum absolute atomic E-state index is 0.155. The number of halogens is 1. The first-order valence-corrected chi connectivity index (χ1v) is 7.44. The summed E-state index contributed by atoms with van der Waals surface area (Å²) in [6.07, 6.45) is 1.000. The van der Waals surface area contributed by atoms with E-state index in [1.54, 1.807) is 12.1 Å². The molecule has 3 heteroatoms. The van der Waals surface area contributed by atoms with Crippen molar-refractivity contribution in [1.29, 1.82) is 0 Å². The molecule has 21 heavy (non-hydrogen) atoms. The molecular weight excluding hydrogens is 263 g/mol. The molecule has 110 valence electrons. The molecule has 1 unspecified atom stereocenters. The van der Waals surface area contributed by atoms with Crippen molar-refractivity contribution in [2.45, 2.75) is 19.4 Å². The van der Waals surface area contributed by atoms with Crippen LogP contribution in [0.25, 0.3) is 0 Å². The number of hydrogen-bond donors (Lipinski definition) is 1. The van der Waals surface area contributed by atoms with Crippen molar-refractivity contribution < 1.29 is 4.39 Å². The van der Waals surface area contributed by atoms with E-state index in [0.29, 0.717) is 0 Å². The number of nitrogens with one attached hydrogen (secondary N) is 1. The molecule has 0 amide bonds. The number of benzene rings is 2. The van der Waals surface area contributed by atoms with Gasteiger partial charge in [-0.15, -0.1) is 0 Å². The Balaban J connectivity index is 1.82. The second-order valence-corrected chi connectivity index (χ2v) is 5.72. The maximum Gasteiger partial charge on any atom is 0.125 e. The second-order valence-electron chi connectivity index (χ2n) is 5.72. The maximum absolute atomic E-state index is 13.5. The summed E-state index contributed by atoms with van der Waals surface area (Å²) in [5, 5.41) is 3.38. The summed E-state index contributed by atoms with van der Waals surface area (Å²) in [5.41, 5.74) is 4.83. The van der Waals surface area contributed by atoms with Crippen LogP contribution < -0.4 is 10.2 Å². The van der Waals surface area contributed by atoms with Crippen molar-refractivity contribution in [3.8, 4) is 0 Å². The van der Waals surface area contributed by atoms with Crippen LogP contribution in [0, 0.1) is 12.7 Å². The fourth-order valence-corrected chi connectivity index (χ4v) is 3.08. The predicted octanol–water partition coefficient (Wildman–Crippen LogP) is 3.46. The van der Waals surface area contributed by atoms with E-state index in [0.717, 1.165) is 25.2 Å². The summed E-state index contributed by atoms with van der Waals surface area (Å²) in [6, 6.07) is 13.9. The highest BCUT2D eigenvalue weighted by Gasteiger charge is 2.22. The van der Waals surface area contributed by atoms with Crippen LogP contribution in [0.5, 0.6) is 0 Å². The summed E-state index contributed by atoms with van der Waals surface area (Å²) < 4.78 is 13.5. The fourth-order valence-electron chi connectivity index (χ4n) is 3.08. The van der Waals surface area contributed by atoms with E-state index in [1.807, 2.05) is 13.1 Å². The van der Waals surface area contributed by atoms with Gasteiger partial charge in [-0.3, -0.25) is 0 Å². The van der Waals surface area contributed by atoms with Crippen LogP contribution >= 0.6 is 0 Å². The molecule has 1 atom stereocenters. The smallest absolute Gasteiger partial charge is 0.125 e. The maximum atomic E-state index is 13.5. The second kappa shape index (κ2) is 5.86. The topological polar surface area (TPSA) is 15.3 Å². The summed E-state index contributed by atoms with van der Waals surface area (Å²) in [7, 11) is 1.98. The van der Waals surface area contributed by atoms with E-state index in [-0.39, 0.29) is 11.9 Å². The monoisotopic (exact) mass is 284 g/mol. The summed E-state index contributed by atoms with van der Waals surface area (Å²) in [6.45, 7) is 3.93. The standard InChI is InChI=1S/C18H21FN2/c1-13-4-3-5-15(10-13)17(20-2)12-21-9-8-14-6-7-16(19)11-18(14)21/h3-7,10-11,17,20H,8-9,12H2,1-2H3. The first-order chi connectivity index (χ1) is 10.2. The third-order valence-corrected chi connectivity index (χ3v) is 4.24. The Labute approximate surface area is 125 Å². The zero-order valence-electron chi connectivity index (χ0n) is 12.6. The molecule has 0 saturated heterocycles. The lowest BCUT2D eigenvalue weighted by Gasteiger charge is -2.26. The minimum Gasteiger partial charge on any atom is -0.369 e. The van der Waals surface area contributed by atoms with Gasteiger partial charge >= 0.3 is 0 Å². The first kappa shape index (κ1) is 14.1. The van der Waals surface area contributed by atoms with Crippen molar-refractivity contribution in [2.75, 3.05) is 25.0 Å². The van der Waals surface area contributed by atoms with E-state index >= 15 is 0 Å². The zero-order valence-corrected chi connectivity index (χ0v) is 12.6. The van der Waals surface area contributed by atoms with Gasteiger partial charge < -0.3 is 10.2 Å². The number of fused-ring (bicyclic) bond motifs is 1. The Hall–Kier alpha value is -1.87. The van der Waals surface area contributed by atoms with Gasteiger partial charge in [0.25, 0.3) is 0 Å². The van der Waals surface area contributed by atoms with Gasteiger partial charge in [0.15, 0.2) is 0 Å². The quantitative estimate of drug-likeness (QED) is 0.925. The summed E-state index contributed by atoms with van der Waals surface area (Å²) in [5.74, 6) is -0.155. The van der Waals surface area contributed by atoms with E-state index in [1.165, 1.54) is 16.7 Å². The van der Waals surface area contributed by atoms with Crippen LogP contribution in [0.1, 0.15) is 22.7 Å². The molecule has 1 aliphatic rings. The first-order valence-electron chi connectivity index (χ1n) is 7.44. The van der Waals surface area contributed by atoms with Gasteiger partial charge in [-0.05, 0) is 43.7 Å². The zero-order chi connectivity index (χ0) is 14.8. The highest BCUT2D eigenvalue weighted by atomic mass is 19.1. The van der Waals surface area contributed by atoms with E-state index in [2.05, 4.69) is 41.4 Å². The highest BCUT2D eigenvalue weighted by molar-refractivity contribution is 5.58. The minimum atomic E-state index is -0.155. The average Bonchev–Trinajstić information content (AvgIpc) is 2.87. The highest BCUT2D eigenvalue weighted by Crippen LogP contribution is 2.30. The summed E-state index contributed by atoms with van der Waals surface area (Å²) in [4.78, 5) is 2.28. The molecule has 0 aliphatic carbocycles. The van der Waals surface area contributed by atoms with Crippen molar-refractivity contribution in [3.05, 3.63) is 65.0 Å². The van der Waals surface area contributed by atoms with Crippen molar-refractivity contribution in [3.63, 3.8) is 0 Å². The lowest BCUT2D eigenvalue weighted by Crippen LogP contribution is -2.32. The van der Waals surface area contributed by atoms with Gasteiger partial charge in [0.2, 0.25) is 0 Å². The Morgan fingerprint density at radius 2 is 2.10 bits per heavy atom. The Morgan fingerprint density at radius 1 is 1.24 bits per heavy atom. The SMILES string of the molecule is CNC(CN1CCc2ccc(F)cc21)c1cccc(C)c1. The van der Waals surface area contributed by atoms with E-state index < -0.39 is 0 Å². The van der Waals surface area contributed by atoms with Crippen LogP contribution in [0.15, 0.2) is 42.5 Å².